The molecule has 0 aromatic heterocycles. The Morgan fingerprint density at radius 2 is 2.29 bits per heavy atom. The Morgan fingerprint density at radius 3 is 2.94 bits per heavy atom. The molecule has 92 valence electrons. The van der Waals surface area contributed by atoms with Crippen LogP contribution in [0, 0.1) is 5.82 Å². The molecule has 1 aliphatic rings. The molecule has 1 aliphatic heterocycles. The SMILES string of the molecule is NNC(C1=COCCC1)c1cc(F)ccc1Br. The molecule has 1 aromatic rings. The fourth-order valence-corrected chi connectivity index (χ4v) is 2.40. The molecule has 0 radical (unpaired) electrons. The maximum atomic E-state index is 13.3. The van der Waals surface area contributed by atoms with Crippen molar-refractivity contribution in [1.29, 1.82) is 0 Å². The number of ether oxygens (including phenoxy) is 1. The third kappa shape index (κ3) is 2.86. The lowest BCUT2D eigenvalue weighted by Gasteiger charge is -2.23. The summed E-state index contributed by atoms with van der Waals surface area (Å²) in [6.07, 6.45) is 3.57. The summed E-state index contributed by atoms with van der Waals surface area (Å²) in [4.78, 5) is 0. The molecule has 2 rings (SSSR count). The van der Waals surface area contributed by atoms with Crippen molar-refractivity contribution in [3.63, 3.8) is 0 Å². The topological polar surface area (TPSA) is 47.3 Å². The van der Waals surface area contributed by atoms with E-state index < -0.39 is 0 Å². The number of halogens is 2. The monoisotopic (exact) mass is 300 g/mol. The zero-order chi connectivity index (χ0) is 12.3. The highest BCUT2D eigenvalue weighted by Crippen LogP contribution is 2.32. The van der Waals surface area contributed by atoms with Gasteiger partial charge in [-0.2, -0.15) is 0 Å². The van der Waals surface area contributed by atoms with Crippen LogP contribution in [0.4, 0.5) is 4.39 Å². The zero-order valence-corrected chi connectivity index (χ0v) is 10.8. The Hall–Kier alpha value is -0.910. The van der Waals surface area contributed by atoms with Gasteiger partial charge in [0.05, 0.1) is 18.9 Å². The fourth-order valence-electron chi connectivity index (χ4n) is 1.93. The Kier molecular flexibility index (Phi) is 4.15. The highest BCUT2D eigenvalue weighted by molar-refractivity contribution is 9.10. The van der Waals surface area contributed by atoms with Crippen LogP contribution in [0.15, 0.2) is 34.5 Å². The van der Waals surface area contributed by atoms with Crippen molar-refractivity contribution < 1.29 is 9.13 Å². The molecule has 3 N–H and O–H groups in total. The Morgan fingerprint density at radius 1 is 1.47 bits per heavy atom. The van der Waals surface area contributed by atoms with Gasteiger partial charge in [0.1, 0.15) is 5.82 Å². The van der Waals surface area contributed by atoms with Crippen molar-refractivity contribution in [2.45, 2.75) is 18.9 Å². The maximum absolute atomic E-state index is 13.3. The molecule has 0 spiro atoms. The smallest absolute Gasteiger partial charge is 0.123 e. The summed E-state index contributed by atoms with van der Waals surface area (Å²) in [5, 5.41) is 0. The first-order valence-electron chi connectivity index (χ1n) is 5.44. The van der Waals surface area contributed by atoms with E-state index in [0.717, 1.165) is 35.1 Å². The number of nitrogens with one attached hydrogen (secondary N) is 1. The molecule has 0 bridgehead atoms. The minimum Gasteiger partial charge on any atom is -0.501 e. The summed E-state index contributed by atoms with van der Waals surface area (Å²) in [6.45, 7) is 0.727. The highest BCUT2D eigenvalue weighted by atomic mass is 79.9. The van der Waals surface area contributed by atoms with E-state index in [1.807, 2.05) is 0 Å². The van der Waals surface area contributed by atoms with Crippen LogP contribution in [-0.2, 0) is 4.74 Å². The maximum Gasteiger partial charge on any atom is 0.123 e. The number of hydrogen-bond acceptors (Lipinski definition) is 3. The van der Waals surface area contributed by atoms with Crippen molar-refractivity contribution in [3.8, 4) is 0 Å². The standard InChI is InChI=1S/C12H14BrFN2O/c13-11-4-3-9(14)6-10(11)12(16-15)8-2-1-5-17-7-8/h3-4,6-7,12,16H,1-2,5,15H2. The Balaban J connectivity index is 2.34. The van der Waals surface area contributed by atoms with Gasteiger partial charge in [0.25, 0.3) is 0 Å². The van der Waals surface area contributed by atoms with Gasteiger partial charge in [-0.1, -0.05) is 15.9 Å². The quantitative estimate of drug-likeness (QED) is 0.666. The van der Waals surface area contributed by atoms with Crippen LogP contribution in [-0.4, -0.2) is 6.61 Å². The highest BCUT2D eigenvalue weighted by Gasteiger charge is 2.20. The molecule has 0 fully saturated rings. The van der Waals surface area contributed by atoms with Crippen molar-refractivity contribution >= 4 is 15.9 Å². The molecule has 1 heterocycles. The second-order valence-electron chi connectivity index (χ2n) is 3.93. The molecular weight excluding hydrogens is 287 g/mol. The summed E-state index contributed by atoms with van der Waals surface area (Å²) in [5.41, 5.74) is 4.53. The second-order valence-corrected chi connectivity index (χ2v) is 4.79. The minimum atomic E-state index is -0.277. The Labute approximate surface area is 108 Å². The molecule has 1 atom stereocenters. The van der Waals surface area contributed by atoms with Crippen molar-refractivity contribution in [2.24, 2.45) is 5.84 Å². The number of rotatable bonds is 3. The first-order chi connectivity index (χ1) is 8.22. The van der Waals surface area contributed by atoms with E-state index in [9.17, 15) is 4.39 Å². The first kappa shape index (κ1) is 12.5. The van der Waals surface area contributed by atoms with Gasteiger partial charge in [-0.25, -0.2) is 9.82 Å². The number of nitrogens with two attached hydrogens (primary N) is 1. The first-order valence-corrected chi connectivity index (χ1v) is 6.23. The van der Waals surface area contributed by atoms with E-state index in [0.29, 0.717) is 0 Å². The lowest BCUT2D eigenvalue weighted by Crippen LogP contribution is -2.30. The predicted octanol–water partition coefficient (Wildman–Crippen LogP) is 2.79. The van der Waals surface area contributed by atoms with E-state index in [4.69, 9.17) is 10.6 Å². The van der Waals surface area contributed by atoms with Gasteiger partial charge in [-0.3, -0.25) is 5.84 Å². The molecule has 17 heavy (non-hydrogen) atoms. The van der Waals surface area contributed by atoms with Crippen LogP contribution >= 0.6 is 15.9 Å². The minimum absolute atomic E-state index is 0.222. The predicted molar refractivity (Wildman–Crippen MR) is 67.4 cm³/mol. The molecule has 5 heteroatoms. The lowest BCUT2D eigenvalue weighted by atomic mass is 9.96. The number of benzene rings is 1. The number of hydrazine groups is 1. The molecule has 1 aromatic carbocycles. The van der Waals surface area contributed by atoms with Crippen molar-refractivity contribution in [2.75, 3.05) is 6.61 Å². The third-order valence-corrected chi connectivity index (χ3v) is 3.49. The van der Waals surface area contributed by atoms with Gasteiger partial charge in [0, 0.05) is 4.47 Å². The van der Waals surface area contributed by atoms with Gasteiger partial charge in [0.2, 0.25) is 0 Å². The normalized spacial score (nSPS) is 17.2. The van der Waals surface area contributed by atoms with Crippen molar-refractivity contribution in [1.82, 2.24) is 5.43 Å². The van der Waals surface area contributed by atoms with E-state index >= 15 is 0 Å². The van der Waals surface area contributed by atoms with E-state index in [2.05, 4.69) is 21.4 Å². The lowest BCUT2D eigenvalue weighted by molar-refractivity contribution is 0.219. The van der Waals surface area contributed by atoms with Crippen LogP contribution in [0.25, 0.3) is 0 Å². The molecule has 0 saturated carbocycles. The average Bonchev–Trinajstić information content (AvgIpc) is 2.36. The van der Waals surface area contributed by atoms with Crippen LogP contribution in [0.1, 0.15) is 24.4 Å². The summed E-state index contributed by atoms with van der Waals surface area (Å²) in [5.74, 6) is 5.29. The summed E-state index contributed by atoms with van der Waals surface area (Å²) in [6, 6.07) is 4.34. The van der Waals surface area contributed by atoms with Gasteiger partial charge >= 0.3 is 0 Å². The molecule has 3 nitrogen and oxygen atoms in total. The fraction of sp³-hybridized carbons (Fsp3) is 0.333. The molecule has 0 aliphatic carbocycles. The van der Waals surface area contributed by atoms with Crippen LogP contribution in [0.5, 0.6) is 0 Å². The molecule has 0 saturated heterocycles. The second kappa shape index (κ2) is 5.62. The summed E-state index contributed by atoms with van der Waals surface area (Å²) in [7, 11) is 0. The van der Waals surface area contributed by atoms with Gasteiger partial charge in [-0.15, -0.1) is 0 Å². The van der Waals surface area contributed by atoms with Gasteiger partial charge in [0.15, 0.2) is 0 Å². The van der Waals surface area contributed by atoms with Crippen LogP contribution in [0.3, 0.4) is 0 Å². The van der Waals surface area contributed by atoms with Crippen molar-refractivity contribution in [3.05, 3.63) is 45.9 Å². The van der Waals surface area contributed by atoms with E-state index in [1.54, 1.807) is 12.3 Å². The summed E-state index contributed by atoms with van der Waals surface area (Å²) < 4.78 is 19.4. The van der Waals surface area contributed by atoms with Crippen LogP contribution in [0.2, 0.25) is 0 Å². The van der Waals surface area contributed by atoms with E-state index in [-0.39, 0.29) is 11.9 Å². The third-order valence-electron chi connectivity index (χ3n) is 2.77. The molecular formula is C12H14BrFN2O. The number of hydrogen-bond donors (Lipinski definition) is 2. The average molecular weight is 301 g/mol. The largest absolute Gasteiger partial charge is 0.501 e. The van der Waals surface area contributed by atoms with Crippen LogP contribution < -0.4 is 11.3 Å². The Bertz CT molecular complexity index is 437. The summed E-state index contributed by atoms with van der Waals surface area (Å²) >= 11 is 3.41. The molecule has 0 amide bonds. The van der Waals surface area contributed by atoms with E-state index in [1.165, 1.54) is 12.1 Å². The van der Waals surface area contributed by atoms with Gasteiger partial charge in [-0.05, 0) is 42.2 Å². The molecule has 1 unspecified atom stereocenters. The van der Waals surface area contributed by atoms with Gasteiger partial charge < -0.3 is 4.74 Å². The zero-order valence-electron chi connectivity index (χ0n) is 9.25.